The molecular weight excluding hydrogens is 701 g/mol. The Labute approximate surface area is 337 Å². The fourth-order valence-corrected chi connectivity index (χ4v) is 8.61. The number of benzene rings is 10. The monoisotopic (exact) mass is 738 g/mol. The van der Waals surface area contributed by atoms with Crippen molar-refractivity contribution < 1.29 is 0 Å². The lowest BCUT2D eigenvalue weighted by atomic mass is 9.95. The third-order valence-electron chi connectivity index (χ3n) is 11.4. The average molecular weight is 739 g/mol. The summed E-state index contributed by atoms with van der Waals surface area (Å²) in [6.45, 7) is 0. The maximum atomic E-state index is 3.91. The van der Waals surface area contributed by atoms with Crippen molar-refractivity contribution in [2.24, 2.45) is 0 Å². The van der Waals surface area contributed by atoms with Crippen LogP contribution in [0.1, 0.15) is 0 Å². The Kier molecular flexibility index (Phi) is 8.19. The molecule has 11 rings (SSSR count). The van der Waals surface area contributed by atoms with Crippen LogP contribution in [0, 0.1) is 0 Å². The molecule has 0 amide bonds. The highest BCUT2D eigenvalue weighted by Gasteiger charge is 2.15. The summed E-state index contributed by atoms with van der Waals surface area (Å²) >= 11 is 0. The zero-order valence-electron chi connectivity index (χ0n) is 31.8. The Bertz CT molecular complexity index is 3300. The van der Waals surface area contributed by atoms with Gasteiger partial charge < -0.3 is 9.88 Å². The molecule has 1 aromatic heterocycles. The number of para-hydroxylation sites is 2. The normalized spacial score (nSPS) is 11.4. The van der Waals surface area contributed by atoms with Crippen LogP contribution in [-0.4, -0.2) is 4.57 Å². The van der Waals surface area contributed by atoms with E-state index in [9.17, 15) is 0 Å². The van der Waals surface area contributed by atoms with E-state index in [2.05, 4.69) is 234 Å². The quantitative estimate of drug-likeness (QED) is 0.172. The molecule has 1 heterocycles. The van der Waals surface area contributed by atoms with Crippen molar-refractivity contribution in [1.82, 2.24) is 4.57 Å². The minimum Gasteiger partial charge on any atom is -0.355 e. The summed E-state index contributed by atoms with van der Waals surface area (Å²) in [5.41, 5.74) is 14.9. The number of anilines is 2. The molecule has 0 radical (unpaired) electrons. The van der Waals surface area contributed by atoms with Gasteiger partial charge >= 0.3 is 0 Å². The van der Waals surface area contributed by atoms with Crippen molar-refractivity contribution >= 4 is 54.7 Å². The minimum absolute atomic E-state index is 1.03. The van der Waals surface area contributed by atoms with Gasteiger partial charge in [-0.25, -0.2) is 0 Å². The second-order valence-electron chi connectivity index (χ2n) is 15.1. The molecule has 2 heteroatoms. The Hall–Kier alpha value is -7.68. The summed E-state index contributed by atoms with van der Waals surface area (Å²) in [5.74, 6) is 0. The summed E-state index contributed by atoms with van der Waals surface area (Å²) in [6.07, 6.45) is 0. The van der Waals surface area contributed by atoms with Crippen LogP contribution in [0.25, 0.3) is 93.5 Å². The van der Waals surface area contributed by atoms with E-state index in [-0.39, 0.29) is 0 Å². The van der Waals surface area contributed by atoms with E-state index in [1.54, 1.807) is 0 Å². The van der Waals surface area contributed by atoms with E-state index in [1.165, 1.54) is 71.2 Å². The summed E-state index contributed by atoms with van der Waals surface area (Å²) in [4.78, 5) is 0. The van der Waals surface area contributed by atoms with Gasteiger partial charge in [0.2, 0.25) is 0 Å². The molecule has 0 aliphatic rings. The zero-order chi connectivity index (χ0) is 38.4. The first-order valence-electron chi connectivity index (χ1n) is 19.9. The third kappa shape index (κ3) is 6.18. The molecule has 0 spiro atoms. The van der Waals surface area contributed by atoms with Crippen molar-refractivity contribution in [3.8, 4) is 50.2 Å². The van der Waals surface area contributed by atoms with Crippen LogP contribution in [-0.2, 0) is 0 Å². The van der Waals surface area contributed by atoms with Crippen molar-refractivity contribution in [3.05, 3.63) is 224 Å². The molecule has 0 fully saturated rings. The number of hydrogen-bond acceptors (Lipinski definition) is 1. The van der Waals surface area contributed by atoms with E-state index in [4.69, 9.17) is 0 Å². The Morgan fingerprint density at radius 3 is 1.31 bits per heavy atom. The molecule has 0 atom stereocenters. The van der Waals surface area contributed by atoms with E-state index < -0.39 is 0 Å². The van der Waals surface area contributed by atoms with Crippen LogP contribution < -0.4 is 5.32 Å². The Balaban J connectivity index is 1.09. The van der Waals surface area contributed by atoms with E-state index in [0.29, 0.717) is 0 Å². The first-order chi connectivity index (χ1) is 28.7. The highest BCUT2D eigenvalue weighted by atomic mass is 15.0. The van der Waals surface area contributed by atoms with Gasteiger partial charge in [0, 0.05) is 27.8 Å². The van der Waals surface area contributed by atoms with E-state index in [1.807, 2.05) is 0 Å². The second-order valence-corrected chi connectivity index (χ2v) is 15.1. The summed E-state index contributed by atoms with van der Waals surface area (Å²) in [6, 6.07) is 81.5. The van der Waals surface area contributed by atoms with Gasteiger partial charge in [0.25, 0.3) is 0 Å². The van der Waals surface area contributed by atoms with Crippen molar-refractivity contribution in [2.75, 3.05) is 5.32 Å². The highest BCUT2D eigenvalue weighted by molar-refractivity contribution is 6.10. The third-order valence-corrected chi connectivity index (χ3v) is 11.4. The van der Waals surface area contributed by atoms with Crippen molar-refractivity contribution in [1.29, 1.82) is 0 Å². The topological polar surface area (TPSA) is 17.0 Å². The smallest absolute Gasteiger partial charge is 0.0547 e. The first kappa shape index (κ1) is 33.6. The van der Waals surface area contributed by atoms with E-state index >= 15 is 0 Å². The second kappa shape index (κ2) is 14.1. The first-order valence-corrected chi connectivity index (χ1v) is 19.9. The standard InChI is InChI=1S/C56H38N2/c1-3-13-38(14-4-1)46-31-47(43-25-23-39-15-7-9-17-41(39)29-43)34-50(33-46)57-51-35-48(44-26-24-40-16-8-10-18-42(40)30-44)32-49(36-51)45-27-28-54-53-21-11-12-22-55(53)58(56(54)37-45)52-19-5-2-6-20-52/h1-37,57H. The summed E-state index contributed by atoms with van der Waals surface area (Å²) < 4.78 is 2.39. The lowest BCUT2D eigenvalue weighted by Crippen LogP contribution is -1.95. The van der Waals surface area contributed by atoms with Gasteiger partial charge in [0.1, 0.15) is 0 Å². The zero-order valence-corrected chi connectivity index (χ0v) is 31.8. The van der Waals surface area contributed by atoms with Crippen molar-refractivity contribution in [3.63, 3.8) is 0 Å². The Morgan fingerprint density at radius 2 is 0.707 bits per heavy atom. The van der Waals surface area contributed by atoms with Gasteiger partial charge in [-0.05, 0) is 139 Å². The van der Waals surface area contributed by atoms with Gasteiger partial charge in [-0.2, -0.15) is 0 Å². The van der Waals surface area contributed by atoms with Crippen molar-refractivity contribution in [2.45, 2.75) is 0 Å². The summed E-state index contributed by atoms with van der Waals surface area (Å²) in [7, 11) is 0. The number of fused-ring (bicyclic) bond motifs is 5. The molecule has 1 N–H and O–H groups in total. The van der Waals surface area contributed by atoms with Crippen LogP contribution in [0.5, 0.6) is 0 Å². The molecule has 0 unspecified atom stereocenters. The van der Waals surface area contributed by atoms with Crippen LogP contribution in [0.4, 0.5) is 11.4 Å². The van der Waals surface area contributed by atoms with Gasteiger partial charge in [0.05, 0.1) is 11.0 Å². The number of aromatic nitrogens is 1. The SMILES string of the molecule is c1ccc(-c2cc(Nc3cc(-c4ccc5ccccc5c4)cc(-c4ccc5c6ccccc6n(-c6ccccc6)c5c4)c3)cc(-c3ccc4ccccc4c3)c2)cc1. The van der Waals surface area contributed by atoms with Crippen LogP contribution in [0.15, 0.2) is 224 Å². The van der Waals surface area contributed by atoms with Gasteiger partial charge in [0.15, 0.2) is 0 Å². The maximum Gasteiger partial charge on any atom is 0.0547 e. The Morgan fingerprint density at radius 1 is 0.259 bits per heavy atom. The molecule has 2 nitrogen and oxygen atoms in total. The van der Waals surface area contributed by atoms with Crippen LogP contribution in [0.3, 0.4) is 0 Å². The highest BCUT2D eigenvalue weighted by Crippen LogP contribution is 2.39. The molecule has 272 valence electrons. The van der Waals surface area contributed by atoms with Crippen LogP contribution >= 0.6 is 0 Å². The van der Waals surface area contributed by atoms with E-state index in [0.717, 1.165) is 33.8 Å². The molecular formula is C56H38N2. The summed E-state index contributed by atoms with van der Waals surface area (Å²) in [5, 5.41) is 11.3. The molecule has 10 aromatic carbocycles. The molecule has 0 aliphatic heterocycles. The lowest BCUT2D eigenvalue weighted by Gasteiger charge is -2.16. The molecule has 0 bridgehead atoms. The molecule has 58 heavy (non-hydrogen) atoms. The largest absolute Gasteiger partial charge is 0.355 e. The molecule has 0 aliphatic carbocycles. The lowest BCUT2D eigenvalue weighted by molar-refractivity contribution is 1.18. The predicted molar refractivity (Wildman–Crippen MR) is 247 cm³/mol. The number of nitrogens with zero attached hydrogens (tertiary/aromatic N) is 1. The maximum absolute atomic E-state index is 3.91. The molecule has 0 saturated carbocycles. The number of nitrogens with one attached hydrogen (secondary N) is 1. The molecule has 11 aromatic rings. The minimum atomic E-state index is 1.03. The molecule has 0 saturated heterocycles. The average Bonchev–Trinajstić information content (AvgIpc) is 3.63. The number of rotatable bonds is 7. The van der Waals surface area contributed by atoms with Gasteiger partial charge in [-0.1, -0.05) is 152 Å². The van der Waals surface area contributed by atoms with Crippen LogP contribution in [0.2, 0.25) is 0 Å². The predicted octanol–water partition coefficient (Wildman–Crippen LogP) is 15.5. The van der Waals surface area contributed by atoms with Gasteiger partial charge in [-0.3, -0.25) is 0 Å². The fraction of sp³-hybridized carbons (Fsp3) is 0. The number of hydrogen-bond donors (Lipinski definition) is 1. The fourth-order valence-electron chi connectivity index (χ4n) is 8.61. The van der Waals surface area contributed by atoms with Gasteiger partial charge in [-0.15, -0.1) is 0 Å².